The zero-order chi connectivity index (χ0) is 8.10. The van der Waals surface area contributed by atoms with Gasteiger partial charge in [-0.1, -0.05) is 31.5 Å². The Kier molecular flexibility index (Phi) is 6.54. The second-order valence-electron chi connectivity index (χ2n) is 2.73. The molecule has 0 bridgehead atoms. The maximum absolute atomic E-state index is 9.34. The van der Waals surface area contributed by atoms with Crippen LogP contribution < -0.4 is 29.6 Å². The molecule has 0 aromatic heterocycles. The van der Waals surface area contributed by atoms with Crippen molar-refractivity contribution in [2.45, 2.75) is 26.2 Å². The molecular weight excluding hydrogens is 159 g/mol. The fourth-order valence-corrected chi connectivity index (χ4v) is 1.09. The summed E-state index contributed by atoms with van der Waals surface area (Å²) in [6.07, 6.45) is 3.31. The average Bonchev–Trinajstić information content (AvgIpc) is 2.03. The molecule has 2 heteroatoms. The molecule has 62 valence electrons. The van der Waals surface area contributed by atoms with Gasteiger partial charge in [0.25, 0.3) is 0 Å². The maximum Gasteiger partial charge on any atom is 1.00 e. The Labute approximate surface area is 97.6 Å². The Morgan fingerprint density at radius 1 is 1.33 bits per heavy atom. The number of aryl methyl sites for hydroxylation is 1. The van der Waals surface area contributed by atoms with Gasteiger partial charge in [0.15, 0.2) is 0 Å². The first-order chi connectivity index (χ1) is 5.34. The first-order valence-electron chi connectivity index (χ1n) is 4.11. The van der Waals surface area contributed by atoms with Gasteiger partial charge in [-0.25, -0.2) is 0 Å². The molecule has 1 rings (SSSR count). The number of phenols is 1. The zero-order valence-electron chi connectivity index (χ0n) is 8.88. The van der Waals surface area contributed by atoms with Gasteiger partial charge in [-0.3, -0.25) is 0 Å². The Hall–Kier alpha value is 0.0200. The van der Waals surface area contributed by atoms with E-state index in [1.807, 2.05) is 18.2 Å². The summed E-state index contributed by atoms with van der Waals surface area (Å²) in [6, 6.07) is 7.53. The Balaban J connectivity index is 0. The molecule has 0 aliphatic heterocycles. The second-order valence-corrected chi connectivity index (χ2v) is 2.73. The molecule has 12 heavy (non-hydrogen) atoms. The van der Waals surface area contributed by atoms with Gasteiger partial charge in [0, 0.05) is 0 Å². The number of phenolic OH excluding ortho intramolecular Hbond substituents is 1. The largest absolute Gasteiger partial charge is 1.00 e. The fourth-order valence-electron chi connectivity index (χ4n) is 1.09. The first kappa shape index (κ1) is 12.0. The molecular formula is C10H15NaO. The van der Waals surface area contributed by atoms with Crippen LogP contribution in [0.1, 0.15) is 26.8 Å². The van der Waals surface area contributed by atoms with Crippen LogP contribution in [-0.4, -0.2) is 5.11 Å². The summed E-state index contributed by atoms with van der Waals surface area (Å²) in [5.74, 6) is 0.431. The van der Waals surface area contributed by atoms with E-state index in [2.05, 4.69) is 6.92 Å². The topological polar surface area (TPSA) is 20.2 Å². The van der Waals surface area contributed by atoms with Gasteiger partial charge in [0.1, 0.15) is 5.75 Å². The van der Waals surface area contributed by atoms with Crippen LogP contribution in [0.15, 0.2) is 24.3 Å². The molecule has 1 N–H and O–H groups in total. The van der Waals surface area contributed by atoms with Gasteiger partial charge in [-0.05, 0) is 24.5 Å². The normalized spacial score (nSPS) is 9.08. The van der Waals surface area contributed by atoms with E-state index in [1.54, 1.807) is 6.07 Å². The van der Waals surface area contributed by atoms with Gasteiger partial charge < -0.3 is 6.53 Å². The van der Waals surface area contributed by atoms with E-state index in [0.29, 0.717) is 5.75 Å². The minimum atomic E-state index is 0. The molecule has 0 saturated heterocycles. The smallest absolute Gasteiger partial charge is 1.00 e. The zero-order valence-corrected chi connectivity index (χ0v) is 9.88. The van der Waals surface area contributed by atoms with Crippen molar-refractivity contribution >= 4 is 0 Å². The van der Waals surface area contributed by atoms with Crippen molar-refractivity contribution in [3.63, 3.8) is 0 Å². The molecule has 0 radical (unpaired) electrons. The average molecular weight is 174 g/mol. The third-order valence-electron chi connectivity index (χ3n) is 1.79. The van der Waals surface area contributed by atoms with E-state index in [9.17, 15) is 5.11 Å². The summed E-state index contributed by atoms with van der Waals surface area (Å²) in [4.78, 5) is 0. The minimum absolute atomic E-state index is 0. The molecule has 0 atom stereocenters. The fraction of sp³-hybridized carbons (Fsp3) is 0.400. The van der Waals surface area contributed by atoms with E-state index in [1.165, 1.54) is 6.42 Å². The van der Waals surface area contributed by atoms with E-state index in [-0.39, 0.29) is 31.0 Å². The predicted molar refractivity (Wildman–Crippen MR) is 47.8 cm³/mol. The van der Waals surface area contributed by atoms with Crippen LogP contribution in [0.25, 0.3) is 0 Å². The number of rotatable bonds is 3. The van der Waals surface area contributed by atoms with Crippen molar-refractivity contribution in [2.24, 2.45) is 0 Å². The Morgan fingerprint density at radius 2 is 2.00 bits per heavy atom. The number of unbranched alkanes of at least 4 members (excludes halogenated alkanes) is 1. The third kappa shape index (κ3) is 3.61. The number of aromatic hydroxyl groups is 1. The summed E-state index contributed by atoms with van der Waals surface area (Å²) < 4.78 is 0. The van der Waals surface area contributed by atoms with E-state index in [4.69, 9.17) is 0 Å². The van der Waals surface area contributed by atoms with E-state index in [0.717, 1.165) is 18.4 Å². The third-order valence-corrected chi connectivity index (χ3v) is 1.79. The molecule has 0 aliphatic carbocycles. The van der Waals surface area contributed by atoms with Crippen LogP contribution in [0.2, 0.25) is 0 Å². The van der Waals surface area contributed by atoms with Crippen molar-refractivity contribution in [3.05, 3.63) is 29.8 Å². The van der Waals surface area contributed by atoms with Crippen molar-refractivity contribution < 1.29 is 36.1 Å². The van der Waals surface area contributed by atoms with Crippen LogP contribution >= 0.6 is 0 Å². The molecule has 0 spiro atoms. The van der Waals surface area contributed by atoms with Crippen LogP contribution in [0, 0.1) is 0 Å². The minimum Gasteiger partial charge on any atom is -1.00 e. The summed E-state index contributed by atoms with van der Waals surface area (Å²) >= 11 is 0. The van der Waals surface area contributed by atoms with Gasteiger partial charge in [0.05, 0.1) is 0 Å². The summed E-state index contributed by atoms with van der Waals surface area (Å²) in [5, 5.41) is 9.34. The quantitative estimate of drug-likeness (QED) is 0.632. The van der Waals surface area contributed by atoms with Gasteiger partial charge in [-0.15, -0.1) is 0 Å². The summed E-state index contributed by atoms with van der Waals surface area (Å²) in [7, 11) is 0. The standard InChI is InChI=1S/C10H14O.Na.H/c1-2-3-6-9-7-4-5-8-10(9)11;;/h4-5,7-8,11H,2-3,6H2,1H3;;/q;+1;-1. The first-order valence-corrected chi connectivity index (χ1v) is 4.11. The molecule has 0 unspecified atom stereocenters. The monoisotopic (exact) mass is 174 g/mol. The van der Waals surface area contributed by atoms with Crippen molar-refractivity contribution in [2.75, 3.05) is 0 Å². The van der Waals surface area contributed by atoms with Gasteiger partial charge >= 0.3 is 29.6 Å². The van der Waals surface area contributed by atoms with Crippen molar-refractivity contribution in [1.82, 2.24) is 0 Å². The Morgan fingerprint density at radius 3 is 2.58 bits per heavy atom. The predicted octanol–water partition coefficient (Wildman–Crippen LogP) is -0.149. The van der Waals surface area contributed by atoms with Crippen molar-refractivity contribution in [1.29, 1.82) is 0 Å². The maximum atomic E-state index is 9.34. The van der Waals surface area contributed by atoms with Crippen LogP contribution in [0.4, 0.5) is 0 Å². The number of para-hydroxylation sites is 1. The molecule has 1 nitrogen and oxygen atoms in total. The molecule has 1 aromatic rings. The SMILES string of the molecule is CCCCc1ccccc1O.[H-].[Na+]. The van der Waals surface area contributed by atoms with Gasteiger partial charge in [0.2, 0.25) is 0 Å². The molecule has 0 fully saturated rings. The van der Waals surface area contributed by atoms with Crippen LogP contribution in [0.5, 0.6) is 5.75 Å². The molecule has 0 saturated carbocycles. The van der Waals surface area contributed by atoms with Gasteiger partial charge in [-0.2, -0.15) is 0 Å². The number of hydrogen-bond donors (Lipinski definition) is 1. The van der Waals surface area contributed by atoms with E-state index >= 15 is 0 Å². The van der Waals surface area contributed by atoms with Crippen LogP contribution in [0.3, 0.4) is 0 Å². The molecule has 1 aromatic carbocycles. The second kappa shape index (κ2) is 6.53. The summed E-state index contributed by atoms with van der Waals surface area (Å²) in [5.41, 5.74) is 1.06. The molecule has 0 amide bonds. The summed E-state index contributed by atoms with van der Waals surface area (Å²) in [6.45, 7) is 2.15. The van der Waals surface area contributed by atoms with Crippen molar-refractivity contribution in [3.8, 4) is 5.75 Å². The number of hydrogen-bond acceptors (Lipinski definition) is 1. The van der Waals surface area contributed by atoms with E-state index < -0.39 is 0 Å². The van der Waals surface area contributed by atoms with Crippen LogP contribution in [-0.2, 0) is 6.42 Å². The number of benzene rings is 1. The Bertz CT molecular complexity index is 228. The molecule has 0 heterocycles. The molecule has 0 aliphatic rings.